The van der Waals surface area contributed by atoms with E-state index >= 15 is 0 Å². The Labute approximate surface area is 137 Å². The van der Waals surface area contributed by atoms with Gasteiger partial charge in [-0.15, -0.1) is 0 Å². The number of rotatable bonds is 10. The average Bonchev–Trinajstić information content (AvgIpc) is 2.55. The maximum Gasteiger partial charge on any atom is 0.345 e. The van der Waals surface area contributed by atoms with Crippen molar-refractivity contribution in [2.75, 3.05) is 13.2 Å². The van der Waals surface area contributed by atoms with E-state index in [0.29, 0.717) is 6.42 Å². The molecule has 0 radical (unpaired) electrons. The fourth-order valence-corrected chi connectivity index (χ4v) is 1.56. The molecule has 0 amide bonds. The van der Waals surface area contributed by atoms with Gasteiger partial charge in [-0.3, -0.25) is 5.41 Å². The first-order valence-corrected chi connectivity index (χ1v) is 7.03. The molecule has 0 aliphatic carbocycles. The second kappa shape index (κ2) is 10.9. The van der Waals surface area contributed by atoms with Crippen LogP contribution in [0.5, 0.6) is 0 Å². The van der Waals surface area contributed by atoms with Gasteiger partial charge in [0.05, 0.1) is 6.61 Å². The number of esters is 2. The molecule has 0 heterocycles. The number of nitrogens with one attached hydrogen (secondary N) is 2. The van der Waals surface area contributed by atoms with Crippen molar-refractivity contribution in [3.63, 3.8) is 0 Å². The predicted octanol–water partition coefficient (Wildman–Crippen LogP) is -4.92. The lowest BCUT2D eigenvalue weighted by atomic mass is 10.0. The molecular formula is C12H24N4O8. The van der Waals surface area contributed by atoms with Gasteiger partial charge in [-0.1, -0.05) is 0 Å². The lowest BCUT2D eigenvalue weighted by molar-refractivity contribution is -0.177. The number of hydrogen-bond acceptors (Lipinski definition) is 10. The molecule has 12 nitrogen and oxygen atoms in total. The van der Waals surface area contributed by atoms with Gasteiger partial charge < -0.3 is 47.1 Å². The maximum atomic E-state index is 11.6. The van der Waals surface area contributed by atoms with E-state index in [2.05, 4.69) is 10.1 Å². The Morgan fingerprint density at radius 2 is 1.71 bits per heavy atom. The van der Waals surface area contributed by atoms with E-state index in [1.54, 1.807) is 0 Å². The second-order valence-electron chi connectivity index (χ2n) is 5.01. The number of hydrogen-bond donors (Lipinski definition) is 9. The SMILES string of the molecule is N=C(N)NCCC[C@H](N)C(=O)OC(=O)[C@H](O)[C@@H](O)[C@H](O)[C@H](O)CO. The van der Waals surface area contributed by atoms with Crippen molar-refractivity contribution in [3.8, 4) is 0 Å². The number of carbonyl (C=O) groups excluding carboxylic acids is 2. The Hall–Kier alpha value is -1.83. The van der Waals surface area contributed by atoms with Gasteiger partial charge in [0, 0.05) is 6.54 Å². The molecule has 0 aromatic heterocycles. The molecule has 11 N–H and O–H groups in total. The van der Waals surface area contributed by atoms with Gasteiger partial charge in [0.2, 0.25) is 0 Å². The van der Waals surface area contributed by atoms with Crippen molar-refractivity contribution in [2.45, 2.75) is 43.3 Å². The van der Waals surface area contributed by atoms with Gasteiger partial charge >= 0.3 is 11.9 Å². The van der Waals surface area contributed by atoms with E-state index in [9.17, 15) is 24.9 Å². The van der Waals surface area contributed by atoms with Crippen molar-refractivity contribution >= 4 is 17.9 Å². The van der Waals surface area contributed by atoms with Crippen LogP contribution >= 0.6 is 0 Å². The van der Waals surface area contributed by atoms with Crippen molar-refractivity contribution in [3.05, 3.63) is 0 Å². The Morgan fingerprint density at radius 3 is 2.21 bits per heavy atom. The maximum absolute atomic E-state index is 11.6. The molecule has 0 aromatic carbocycles. The van der Waals surface area contributed by atoms with Gasteiger partial charge in [0.15, 0.2) is 12.1 Å². The molecule has 140 valence electrons. The third-order valence-electron chi connectivity index (χ3n) is 3.01. The van der Waals surface area contributed by atoms with Crippen LogP contribution in [-0.4, -0.2) is 87.0 Å². The van der Waals surface area contributed by atoms with Crippen LogP contribution in [0, 0.1) is 5.41 Å². The first kappa shape index (κ1) is 22.2. The summed E-state index contributed by atoms with van der Waals surface area (Å²) in [5, 5.41) is 55.5. The summed E-state index contributed by atoms with van der Waals surface area (Å²) in [4.78, 5) is 23.1. The molecule has 0 aliphatic heterocycles. The highest BCUT2D eigenvalue weighted by molar-refractivity contribution is 5.90. The Morgan fingerprint density at radius 1 is 1.12 bits per heavy atom. The van der Waals surface area contributed by atoms with E-state index in [4.69, 9.17) is 27.1 Å². The fraction of sp³-hybridized carbons (Fsp3) is 0.750. The van der Waals surface area contributed by atoms with E-state index in [1.165, 1.54) is 0 Å². The van der Waals surface area contributed by atoms with Crippen LogP contribution in [0.15, 0.2) is 0 Å². The Kier molecular flexibility index (Phi) is 10.0. The van der Waals surface area contributed by atoms with Crippen molar-refractivity contribution in [1.29, 1.82) is 5.41 Å². The minimum Gasteiger partial charge on any atom is -0.394 e. The summed E-state index contributed by atoms with van der Waals surface area (Å²) in [6.07, 6.45) is -7.89. The van der Waals surface area contributed by atoms with Crippen molar-refractivity contribution in [1.82, 2.24) is 5.32 Å². The minimum absolute atomic E-state index is 0.0941. The zero-order valence-corrected chi connectivity index (χ0v) is 12.8. The first-order valence-electron chi connectivity index (χ1n) is 7.03. The van der Waals surface area contributed by atoms with E-state index in [-0.39, 0.29) is 18.9 Å². The number of aliphatic hydroxyl groups is 5. The molecule has 0 rings (SSSR count). The van der Waals surface area contributed by atoms with Crippen LogP contribution in [0.4, 0.5) is 0 Å². The minimum atomic E-state index is -2.32. The Bertz CT molecular complexity index is 435. The summed E-state index contributed by atoms with van der Waals surface area (Å²) < 4.78 is 4.28. The number of aliphatic hydroxyl groups excluding tert-OH is 5. The lowest BCUT2D eigenvalue weighted by Crippen LogP contribution is -2.50. The van der Waals surface area contributed by atoms with Gasteiger partial charge in [-0.05, 0) is 12.8 Å². The van der Waals surface area contributed by atoms with Crippen LogP contribution < -0.4 is 16.8 Å². The highest BCUT2D eigenvalue weighted by Gasteiger charge is 2.36. The van der Waals surface area contributed by atoms with Crippen LogP contribution in [0.1, 0.15) is 12.8 Å². The van der Waals surface area contributed by atoms with Gasteiger partial charge in [0.25, 0.3) is 0 Å². The third kappa shape index (κ3) is 7.63. The van der Waals surface area contributed by atoms with E-state index < -0.39 is 49.0 Å². The average molecular weight is 352 g/mol. The lowest BCUT2D eigenvalue weighted by Gasteiger charge is -2.24. The largest absolute Gasteiger partial charge is 0.394 e. The van der Waals surface area contributed by atoms with Crippen LogP contribution in [-0.2, 0) is 14.3 Å². The summed E-state index contributed by atoms with van der Waals surface area (Å²) in [6, 6.07) is -1.19. The molecule has 0 bridgehead atoms. The van der Waals surface area contributed by atoms with Crippen LogP contribution in [0.3, 0.4) is 0 Å². The van der Waals surface area contributed by atoms with Crippen molar-refractivity contribution in [2.24, 2.45) is 11.5 Å². The molecular weight excluding hydrogens is 328 g/mol. The third-order valence-corrected chi connectivity index (χ3v) is 3.01. The highest BCUT2D eigenvalue weighted by Crippen LogP contribution is 2.07. The van der Waals surface area contributed by atoms with E-state index in [1.807, 2.05) is 0 Å². The van der Waals surface area contributed by atoms with E-state index in [0.717, 1.165) is 0 Å². The van der Waals surface area contributed by atoms with Crippen LogP contribution in [0.25, 0.3) is 0 Å². The molecule has 12 heteroatoms. The summed E-state index contributed by atoms with van der Waals surface area (Å²) in [6.45, 7) is -0.644. The van der Waals surface area contributed by atoms with Gasteiger partial charge in [0.1, 0.15) is 24.4 Å². The smallest absolute Gasteiger partial charge is 0.345 e. The fourth-order valence-electron chi connectivity index (χ4n) is 1.56. The Balaban J connectivity index is 4.37. The standard InChI is InChI=1S/C12H24N4O8/c13-5(2-1-3-16-12(14)15)10(22)24-11(23)9(21)8(20)7(19)6(18)4-17/h5-9,17-21H,1-4,13H2,(H4,14,15,16)/t5-,6+,7+,8-,9+/m0/s1. The molecule has 0 aliphatic rings. The molecule has 0 saturated heterocycles. The van der Waals surface area contributed by atoms with Crippen molar-refractivity contribution < 1.29 is 39.9 Å². The quantitative estimate of drug-likeness (QED) is 0.0594. The number of guanidine groups is 1. The molecule has 0 unspecified atom stereocenters. The summed E-state index contributed by atoms with van der Waals surface area (Å²) >= 11 is 0. The topological polar surface area (TPSA) is 232 Å². The summed E-state index contributed by atoms with van der Waals surface area (Å²) in [7, 11) is 0. The molecule has 5 atom stereocenters. The molecule has 0 saturated carbocycles. The summed E-state index contributed by atoms with van der Waals surface area (Å²) in [5.41, 5.74) is 10.5. The molecule has 0 fully saturated rings. The number of ether oxygens (including phenoxy) is 1. The predicted molar refractivity (Wildman–Crippen MR) is 79.3 cm³/mol. The normalized spacial score (nSPS) is 17.2. The second-order valence-corrected chi connectivity index (χ2v) is 5.01. The summed E-state index contributed by atoms with van der Waals surface area (Å²) in [5.74, 6) is -2.97. The zero-order chi connectivity index (χ0) is 18.9. The van der Waals surface area contributed by atoms with Crippen LogP contribution in [0.2, 0.25) is 0 Å². The van der Waals surface area contributed by atoms with Gasteiger partial charge in [-0.25, -0.2) is 9.59 Å². The van der Waals surface area contributed by atoms with Gasteiger partial charge in [-0.2, -0.15) is 0 Å². The zero-order valence-electron chi connectivity index (χ0n) is 12.8. The number of carbonyl (C=O) groups is 2. The first-order chi connectivity index (χ1) is 11.1. The highest BCUT2D eigenvalue weighted by atomic mass is 16.6. The molecule has 0 aromatic rings. The monoisotopic (exact) mass is 352 g/mol. The number of nitrogens with two attached hydrogens (primary N) is 2. The molecule has 24 heavy (non-hydrogen) atoms. The molecule has 0 spiro atoms.